The summed E-state index contributed by atoms with van der Waals surface area (Å²) in [6, 6.07) is 4.73. The van der Waals surface area contributed by atoms with E-state index in [1.54, 1.807) is 18.2 Å². The molecule has 1 aromatic carbocycles. The van der Waals surface area contributed by atoms with Gasteiger partial charge in [0, 0.05) is 24.7 Å². The molecule has 0 bridgehead atoms. The van der Waals surface area contributed by atoms with E-state index < -0.39 is 17.6 Å². The lowest BCUT2D eigenvalue weighted by Gasteiger charge is -2.20. The standard InChI is InChI=1S/C16H17N3O5/c1-9(20)8-19-13(21)16(24-15(19)23)6-5-10-7-11(3-4-12(10)16)18-14(22)17-2/h3-4,7H,5-6,8H2,1-2H3,(H2,17,18,22)/t16-/m1/s1. The molecule has 1 saturated heterocycles. The first-order valence-electron chi connectivity index (χ1n) is 7.54. The molecule has 0 radical (unpaired) electrons. The van der Waals surface area contributed by atoms with E-state index in [1.165, 1.54) is 14.0 Å². The number of amides is 4. The molecular weight excluding hydrogens is 314 g/mol. The van der Waals surface area contributed by atoms with Gasteiger partial charge in [0.15, 0.2) is 0 Å². The van der Waals surface area contributed by atoms with E-state index in [9.17, 15) is 19.2 Å². The van der Waals surface area contributed by atoms with Crippen LogP contribution in [0.25, 0.3) is 0 Å². The molecule has 0 aromatic heterocycles. The number of fused-ring (bicyclic) bond motifs is 2. The van der Waals surface area contributed by atoms with Crippen LogP contribution in [0.5, 0.6) is 0 Å². The number of hydrogen-bond donors (Lipinski definition) is 2. The topological polar surface area (TPSA) is 105 Å². The Kier molecular flexibility index (Phi) is 3.75. The Hall–Kier alpha value is -2.90. The lowest BCUT2D eigenvalue weighted by atomic mass is 9.94. The maximum absolute atomic E-state index is 12.7. The smallest absolute Gasteiger partial charge is 0.418 e. The lowest BCUT2D eigenvalue weighted by molar-refractivity contribution is -0.139. The number of rotatable bonds is 3. The average Bonchev–Trinajstić information content (AvgIpc) is 3.00. The third-order valence-electron chi connectivity index (χ3n) is 4.22. The molecule has 1 aliphatic heterocycles. The van der Waals surface area contributed by atoms with Gasteiger partial charge in [-0.3, -0.25) is 9.59 Å². The minimum atomic E-state index is -1.35. The fourth-order valence-electron chi connectivity index (χ4n) is 3.15. The SMILES string of the molecule is CNC(=O)Nc1ccc2c(c1)CC[C@@]21OC(=O)N(CC(C)=O)C1=O. The summed E-state index contributed by atoms with van der Waals surface area (Å²) in [6.07, 6.45) is 0.0617. The maximum Gasteiger partial charge on any atom is 0.418 e. The first-order chi connectivity index (χ1) is 11.4. The van der Waals surface area contributed by atoms with Gasteiger partial charge in [0.05, 0.1) is 6.54 Å². The summed E-state index contributed by atoms with van der Waals surface area (Å²) in [5, 5.41) is 5.11. The summed E-state index contributed by atoms with van der Waals surface area (Å²) in [5.41, 5.74) is 0.666. The number of ketones is 1. The number of carbonyl (C=O) groups is 4. The molecule has 1 atom stereocenters. The van der Waals surface area contributed by atoms with E-state index in [0.29, 0.717) is 24.1 Å². The second-order valence-corrected chi connectivity index (χ2v) is 5.86. The molecule has 3 rings (SSSR count). The van der Waals surface area contributed by atoms with E-state index in [2.05, 4.69) is 10.6 Å². The second kappa shape index (κ2) is 5.63. The third-order valence-corrected chi connectivity index (χ3v) is 4.22. The van der Waals surface area contributed by atoms with Gasteiger partial charge in [0.25, 0.3) is 5.91 Å². The predicted molar refractivity (Wildman–Crippen MR) is 83.4 cm³/mol. The van der Waals surface area contributed by atoms with Crippen LogP contribution in [0.15, 0.2) is 18.2 Å². The van der Waals surface area contributed by atoms with Crippen molar-refractivity contribution in [2.45, 2.75) is 25.4 Å². The molecule has 2 N–H and O–H groups in total. The van der Waals surface area contributed by atoms with Gasteiger partial charge in [-0.1, -0.05) is 6.07 Å². The van der Waals surface area contributed by atoms with Crippen LogP contribution in [0.2, 0.25) is 0 Å². The van der Waals surface area contributed by atoms with E-state index in [4.69, 9.17) is 4.74 Å². The largest absolute Gasteiger partial charge is 0.427 e. The third kappa shape index (κ3) is 2.40. The van der Waals surface area contributed by atoms with E-state index in [-0.39, 0.29) is 18.4 Å². The quantitative estimate of drug-likeness (QED) is 0.864. The minimum absolute atomic E-state index is 0.287. The maximum atomic E-state index is 12.7. The normalized spacial score (nSPS) is 21.7. The molecule has 8 nitrogen and oxygen atoms in total. The molecule has 4 amide bonds. The van der Waals surface area contributed by atoms with Crippen molar-refractivity contribution in [1.29, 1.82) is 0 Å². The van der Waals surface area contributed by atoms with Crippen LogP contribution in [-0.2, 0) is 26.3 Å². The number of nitrogens with one attached hydrogen (secondary N) is 2. The van der Waals surface area contributed by atoms with Crippen LogP contribution in [0, 0.1) is 0 Å². The van der Waals surface area contributed by atoms with Gasteiger partial charge in [0.1, 0.15) is 5.78 Å². The summed E-state index contributed by atoms with van der Waals surface area (Å²) >= 11 is 0. The van der Waals surface area contributed by atoms with Crippen LogP contribution < -0.4 is 10.6 Å². The number of benzene rings is 1. The van der Waals surface area contributed by atoms with Crippen LogP contribution in [0.3, 0.4) is 0 Å². The first kappa shape index (κ1) is 16.0. The van der Waals surface area contributed by atoms with Crippen molar-refractivity contribution < 1.29 is 23.9 Å². The second-order valence-electron chi connectivity index (χ2n) is 5.86. The number of nitrogens with zero attached hydrogens (tertiary/aromatic N) is 1. The molecular formula is C16H17N3O5. The number of urea groups is 1. The van der Waals surface area contributed by atoms with Gasteiger partial charge in [-0.25, -0.2) is 14.5 Å². The highest BCUT2D eigenvalue weighted by atomic mass is 16.6. The Balaban J connectivity index is 1.92. The Morgan fingerprint density at radius 2 is 2.08 bits per heavy atom. The highest BCUT2D eigenvalue weighted by molar-refractivity contribution is 6.06. The Labute approximate surface area is 138 Å². The molecule has 1 aliphatic carbocycles. The lowest BCUT2D eigenvalue weighted by Crippen LogP contribution is -2.39. The average molecular weight is 331 g/mol. The number of aryl methyl sites for hydroxylation is 1. The molecule has 1 heterocycles. The van der Waals surface area contributed by atoms with Crippen molar-refractivity contribution in [3.8, 4) is 0 Å². The summed E-state index contributed by atoms with van der Waals surface area (Å²) in [4.78, 5) is 48.2. The Bertz CT molecular complexity index is 760. The number of anilines is 1. The Morgan fingerprint density at radius 1 is 1.33 bits per heavy atom. The zero-order valence-electron chi connectivity index (χ0n) is 13.3. The first-order valence-corrected chi connectivity index (χ1v) is 7.54. The van der Waals surface area contributed by atoms with Gasteiger partial charge in [-0.15, -0.1) is 0 Å². The van der Waals surface area contributed by atoms with Crippen molar-refractivity contribution in [3.05, 3.63) is 29.3 Å². The molecule has 1 spiro atoms. The molecule has 24 heavy (non-hydrogen) atoms. The van der Waals surface area contributed by atoms with Crippen molar-refractivity contribution in [1.82, 2.24) is 10.2 Å². The number of Topliss-reactive ketones (excluding diaryl/α,β-unsaturated/α-hetero) is 1. The number of imide groups is 1. The monoisotopic (exact) mass is 331 g/mol. The van der Waals surface area contributed by atoms with Crippen LogP contribution in [0.1, 0.15) is 24.5 Å². The van der Waals surface area contributed by atoms with Crippen LogP contribution in [0.4, 0.5) is 15.3 Å². The summed E-state index contributed by atoms with van der Waals surface area (Å²) in [6.45, 7) is 1.02. The van der Waals surface area contributed by atoms with Gasteiger partial charge in [0.2, 0.25) is 5.60 Å². The van der Waals surface area contributed by atoms with Gasteiger partial charge >= 0.3 is 12.1 Å². The van der Waals surface area contributed by atoms with Crippen LogP contribution in [-0.4, -0.2) is 42.3 Å². The summed E-state index contributed by atoms with van der Waals surface area (Å²) in [7, 11) is 1.51. The van der Waals surface area contributed by atoms with Gasteiger partial charge in [-0.2, -0.15) is 0 Å². The highest BCUT2D eigenvalue weighted by Crippen LogP contribution is 2.45. The highest BCUT2D eigenvalue weighted by Gasteiger charge is 2.58. The number of hydrogen-bond acceptors (Lipinski definition) is 5. The molecule has 8 heteroatoms. The van der Waals surface area contributed by atoms with Crippen molar-refractivity contribution in [2.75, 3.05) is 18.9 Å². The number of ether oxygens (including phenoxy) is 1. The van der Waals surface area contributed by atoms with Gasteiger partial charge < -0.3 is 15.4 Å². The van der Waals surface area contributed by atoms with Gasteiger partial charge in [-0.05, 0) is 31.0 Å². The Morgan fingerprint density at radius 3 is 2.75 bits per heavy atom. The molecule has 1 aromatic rings. The molecule has 2 aliphatic rings. The van der Waals surface area contributed by atoms with Crippen molar-refractivity contribution in [2.24, 2.45) is 0 Å². The molecule has 126 valence electrons. The molecule has 0 saturated carbocycles. The zero-order valence-corrected chi connectivity index (χ0v) is 13.3. The summed E-state index contributed by atoms with van der Waals surface area (Å²) in [5.74, 6) is -0.797. The fraction of sp³-hybridized carbons (Fsp3) is 0.375. The van der Waals surface area contributed by atoms with E-state index in [0.717, 1.165) is 10.5 Å². The predicted octanol–water partition coefficient (Wildman–Crippen LogP) is 1.15. The zero-order chi connectivity index (χ0) is 17.5. The van der Waals surface area contributed by atoms with Crippen LogP contribution >= 0.6 is 0 Å². The van der Waals surface area contributed by atoms with Crippen molar-refractivity contribution in [3.63, 3.8) is 0 Å². The fourth-order valence-corrected chi connectivity index (χ4v) is 3.15. The molecule has 1 fully saturated rings. The minimum Gasteiger partial charge on any atom is -0.427 e. The molecule has 0 unspecified atom stereocenters. The van der Waals surface area contributed by atoms with Crippen molar-refractivity contribution >= 4 is 29.5 Å². The van der Waals surface area contributed by atoms with E-state index in [1.807, 2.05) is 0 Å². The van der Waals surface area contributed by atoms with E-state index >= 15 is 0 Å². The summed E-state index contributed by atoms with van der Waals surface area (Å²) < 4.78 is 5.39. The number of carbonyl (C=O) groups excluding carboxylic acids is 4.